The van der Waals surface area contributed by atoms with Crippen molar-refractivity contribution < 1.29 is 0 Å². The average molecular weight is 264 g/mol. The van der Waals surface area contributed by atoms with Crippen molar-refractivity contribution >= 4 is 11.6 Å². The molecule has 0 saturated heterocycles. The Balaban J connectivity index is 1.64. The Bertz CT molecular complexity index is 476. The van der Waals surface area contributed by atoms with Crippen LogP contribution in [0.15, 0.2) is 30.5 Å². The van der Waals surface area contributed by atoms with Crippen LogP contribution in [0.25, 0.3) is 0 Å². The summed E-state index contributed by atoms with van der Waals surface area (Å²) < 4.78 is 0. The van der Waals surface area contributed by atoms with Gasteiger partial charge in [0, 0.05) is 17.3 Å². The van der Waals surface area contributed by atoms with Gasteiger partial charge in [-0.1, -0.05) is 23.7 Å². The second-order valence-corrected chi connectivity index (χ2v) is 4.86. The van der Waals surface area contributed by atoms with Crippen molar-refractivity contribution in [3.63, 3.8) is 0 Å². The standard InChI is InChI=1S/C14H18ClN3/c1-11-13(10-17-18-11)3-2-8-16-9-12-4-6-14(15)7-5-12/h4-7,10,16H,2-3,8-9H2,1H3,(H,17,18). The number of halogens is 1. The smallest absolute Gasteiger partial charge is 0.0522 e. The highest BCUT2D eigenvalue weighted by Gasteiger charge is 1.99. The Hall–Kier alpha value is -1.32. The molecule has 0 saturated carbocycles. The maximum absolute atomic E-state index is 5.84. The predicted octanol–water partition coefficient (Wildman–Crippen LogP) is 3.09. The predicted molar refractivity (Wildman–Crippen MR) is 74.8 cm³/mol. The van der Waals surface area contributed by atoms with Crippen molar-refractivity contribution in [1.29, 1.82) is 0 Å². The van der Waals surface area contributed by atoms with Crippen molar-refractivity contribution in [2.45, 2.75) is 26.3 Å². The van der Waals surface area contributed by atoms with Gasteiger partial charge in [-0.2, -0.15) is 5.10 Å². The van der Waals surface area contributed by atoms with Crippen LogP contribution in [0.5, 0.6) is 0 Å². The van der Waals surface area contributed by atoms with Gasteiger partial charge in [0.05, 0.1) is 6.20 Å². The van der Waals surface area contributed by atoms with Gasteiger partial charge in [-0.3, -0.25) is 5.10 Å². The van der Waals surface area contributed by atoms with Crippen LogP contribution in [0, 0.1) is 6.92 Å². The number of aromatic amines is 1. The van der Waals surface area contributed by atoms with E-state index in [-0.39, 0.29) is 0 Å². The zero-order valence-corrected chi connectivity index (χ0v) is 11.3. The minimum Gasteiger partial charge on any atom is -0.313 e. The Morgan fingerprint density at radius 1 is 1.28 bits per heavy atom. The van der Waals surface area contributed by atoms with Crippen LogP contribution in [-0.2, 0) is 13.0 Å². The molecule has 0 aliphatic rings. The van der Waals surface area contributed by atoms with E-state index >= 15 is 0 Å². The highest BCUT2D eigenvalue weighted by molar-refractivity contribution is 6.30. The van der Waals surface area contributed by atoms with Gasteiger partial charge in [0.2, 0.25) is 0 Å². The van der Waals surface area contributed by atoms with Gasteiger partial charge in [-0.25, -0.2) is 0 Å². The van der Waals surface area contributed by atoms with Crippen molar-refractivity contribution in [3.05, 3.63) is 52.3 Å². The molecule has 3 nitrogen and oxygen atoms in total. The third-order valence-corrected chi connectivity index (χ3v) is 3.23. The summed E-state index contributed by atoms with van der Waals surface area (Å²) in [5.41, 5.74) is 3.75. The third-order valence-electron chi connectivity index (χ3n) is 2.98. The molecule has 0 atom stereocenters. The van der Waals surface area contributed by atoms with E-state index in [1.54, 1.807) is 0 Å². The van der Waals surface area contributed by atoms with E-state index < -0.39 is 0 Å². The molecule has 0 bridgehead atoms. The summed E-state index contributed by atoms with van der Waals surface area (Å²) in [4.78, 5) is 0. The van der Waals surface area contributed by atoms with Gasteiger partial charge < -0.3 is 5.32 Å². The lowest BCUT2D eigenvalue weighted by Crippen LogP contribution is -2.15. The van der Waals surface area contributed by atoms with Gasteiger partial charge in [0.25, 0.3) is 0 Å². The van der Waals surface area contributed by atoms with E-state index in [2.05, 4.69) is 34.6 Å². The summed E-state index contributed by atoms with van der Waals surface area (Å²) in [6.45, 7) is 3.96. The highest BCUT2D eigenvalue weighted by Crippen LogP contribution is 2.09. The summed E-state index contributed by atoms with van der Waals surface area (Å²) in [6.07, 6.45) is 4.10. The minimum atomic E-state index is 0.786. The van der Waals surface area contributed by atoms with Gasteiger partial charge in [-0.05, 0) is 49.6 Å². The topological polar surface area (TPSA) is 40.7 Å². The number of aryl methyl sites for hydroxylation is 2. The van der Waals surface area contributed by atoms with Crippen molar-refractivity contribution in [3.8, 4) is 0 Å². The number of hydrogen-bond donors (Lipinski definition) is 2. The summed E-state index contributed by atoms with van der Waals surface area (Å²) >= 11 is 5.84. The fourth-order valence-electron chi connectivity index (χ4n) is 1.87. The number of H-pyrrole nitrogens is 1. The van der Waals surface area contributed by atoms with Gasteiger partial charge in [0.15, 0.2) is 0 Å². The lowest BCUT2D eigenvalue weighted by atomic mass is 10.1. The summed E-state index contributed by atoms with van der Waals surface area (Å²) in [5.74, 6) is 0. The zero-order chi connectivity index (χ0) is 12.8. The van der Waals surface area contributed by atoms with Crippen LogP contribution in [0.3, 0.4) is 0 Å². The largest absolute Gasteiger partial charge is 0.313 e. The first-order valence-electron chi connectivity index (χ1n) is 6.20. The van der Waals surface area contributed by atoms with E-state index in [0.29, 0.717) is 0 Å². The molecule has 1 aromatic carbocycles. The molecule has 0 fully saturated rings. The first-order chi connectivity index (χ1) is 8.75. The number of aromatic nitrogens is 2. The van der Waals surface area contributed by atoms with E-state index in [9.17, 15) is 0 Å². The molecule has 1 heterocycles. The summed E-state index contributed by atoms with van der Waals surface area (Å²) in [6, 6.07) is 7.95. The third kappa shape index (κ3) is 3.86. The molecule has 4 heteroatoms. The lowest BCUT2D eigenvalue weighted by molar-refractivity contribution is 0.649. The monoisotopic (exact) mass is 263 g/mol. The first kappa shape index (κ1) is 13.1. The molecule has 18 heavy (non-hydrogen) atoms. The molecule has 0 aliphatic heterocycles. The molecular formula is C14H18ClN3. The summed E-state index contributed by atoms with van der Waals surface area (Å²) in [5, 5.41) is 11.2. The molecule has 0 radical (unpaired) electrons. The van der Waals surface area contributed by atoms with Gasteiger partial charge in [-0.15, -0.1) is 0 Å². The molecule has 2 aromatic rings. The maximum atomic E-state index is 5.84. The summed E-state index contributed by atoms with van der Waals surface area (Å²) in [7, 11) is 0. The molecule has 96 valence electrons. The maximum Gasteiger partial charge on any atom is 0.0522 e. The molecule has 0 spiro atoms. The SMILES string of the molecule is Cc1[nH]ncc1CCCNCc1ccc(Cl)cc1. The Kier molecular flexibility index (Phi) is 4.79. The second-order valence-electron chi connectivity index (χ2n) is 4.43. The molecule has 0 unspecified atom stereocenters. The average Bonchev–Trinajstić information content (AvgIpc) is 2.77. The van der Waals surface area contributed by atoms with E-state index in [4.69, 9.17) is 11.6 Å². The normalized spacial score (nSPS) is 10.8. The van der Waals surface area contributed by atoms with Gasteiger partial charge >= 0.3 is 0 Å². The molecular weight excluding hydrogens is 246 g/mol. The molecule has 1 aromatic heterocycles. The van der Waals surface area contributed by atoms with Crippen LogP contribution < -0.4 is 5.32 Å². The minimum absolute atomic E-state index is 0.786. The van der Waals surface area contributed by atoms with Crippen LogP contribution in [0.4, 0.5) is 0 Å². The number of benzene rings is 1. The van der Waals surface area contributed by atoms with Crippen LogP contribution in [0.1, 0.15) is 23.2 Å². The van der Waals surface area contributed by atoms with Crippen molar-refractivity contribution in [1.82, 2.24) is 15.5 Å². The number of hydrogen-bond acceptors (Lipinski definition) is 2. The fourth-order valence-corrected chi connectivity index (χ4v) is 1.99. The fraction of sp³-hybridized carbons (Fsp3) is 0.357. The Labute approximate surface area is 113 Å². The Morgan fingerprint density at radius 2 is 2.06 bits per heavy atom. The Morgan fingerprint density at radius 3 is 2.72 bits per heavy atom. The van der Waals surface area contributed by atoms with Gasteiger partial charge in [0.1, 0.15) is 0 Å². The lowest BCUT2D eigenvalue weighted by Gasteiger charge is -2.05. The quantitative estimate of drug-likeness (QED) is 0.787. The zero-order valence-electron chi connectivity index (χ0n) is 10.5. The second kappa shape index (κ2) is 6.57. The number of rotatable bonds is 6. The molecule has 0 aliphatic carbocycles. The van der Waals surface area contributed by atoms with Crippen LogP contribution in [-0.4, -0.2) is 16.7 Å². The van der Waals surface area contributed by atoms with Crippen molar-refractivity contribution in [2.24, 2.45) is 0 Å². The van der Waals surface area contributed by atoms with Crippen LogP contribution >= 0.6 is 11.6 Å². The van der Waals surface area contributed by atoms with Crippen LogP contribution in [0.2, 0.25) is 5.02 Å². The molecule has 2 rings (SSSR count). The van der Waals surface area contributed by atoms with Crippen molar-refractivity contribution in [2.75, 3.05) is 6.54 Å². The van der Waals surface area contributed by atoms with E-state index in [0.717, 1.165) is 31.0 Å². The number of nitrogens with zero attached hydrogens (tertiary/aromatic N) is 1. The number of nitrogens with one attached hydrogen (secondary N) is 2. The highest BCUT2D eigenvalue weighted by atomic mass is 35.5. The first-order valence-corrected chi connectivity index (χ1v) is 6.57. The molecule has 0 amide bonds. The van der Waals surface area contributed by atoms with E-state index in [1.165, 1.54) is 16.8 Å². The molecule has 2 N–H and O–H groups in total. The van der Waals surface area contributed by atoms with E-state index in [1.807, 2.05) is 18.3 Å².